The highest BCUT2D eigenvalue weighted by molar-refractivity contribution is 6.36. The largest absolute Gasteiger partial charge is 0.310 e. The average Bonchev–Trinajstić information content (AvgIpc) is 2.40. The predicted octanol–water partition coefficient (Wildman–Crippen LogP) is 5.61. The summed E-state index contributed by atoms with van der Waals surface area (Å²) in [5, 5.41) is 5.13. The van der Waals surface area contributed by atoms with E-state index in [2.05, 4.69) is 12.2 Å². The van der Waals surface area contributed by atoms with E-state index in [1.165, 1.54) is 32.1 Å². The normalized spacial score (nSPS) is 18.5. The fraction of sp³-hybridized carbons (Fsp3) is 0.625. The van der Waals surface area contributed by atoms with Crippen molar-refractivity contribution in [3.63, 3.8) is 0 Å². The van der Waals surface area contributed by atoms with Crippen molar-refractivity contribution in [3.05, 3.63) is 33.8 Å². The standard InChI is InChI=1S/C16H23Cl2N/c1-2-19-15(11-12-7-4-3-5-8-12)16-13(17)9-6-10-14(16)18/h6,9-10,12,15,19H,2-5,7-8,11H2,1H3. The second-order valence-electron chi connectivity index (χ2n) is 5.49. The Balaban J connectivity index is 2.14. The summed E-state index contributed by atoms with van der Waals surface area (Å²) in [7, 11) is 0. The highest BCUT2D eigenvalue weighted by Crippen LogP contribution is 2.37. The highest BCUT2D eigenvalue weighted by atomic mass is 35.5. The van der Waals surface area contributed by atoms with E-state index in [0.717, 1.165) is 34.5 Å². The Hall–Kier alpha value is -0.240. The Kier molecular flexibility index (Phi) is 6.00. The van der Waals surface area contributed by atoms with Crippen LogP contribution in [0.1, 0.15) is 57.1 Å². The first kappa shape index (κ1) is 15.2. The molecule has 1 nitrogen and oxygen atoms in total. The zero-order valence-corrected chi connectivity index (χ0v) is 13.1. The van der Waals surface area contributed by atoms with Crippen molar-refractivity contribution >= 4 is 23.2 Å². The van der Waals surface area contributed by atoms with Gasteiger partial charge in [0.25, 0.3) is 0 Å². The second-order valence-corrected chi connectivity index (χ2v) is 6.30. The summed E-state index contributed by atoms with van der Waals surface area (Å²) in [4.78, 5) is 0. The van der Waals surface area contributed by atoms with E-state index >= 15 is 0 Å². The summed E-state index contributed by atoms with van der Waals surface area (Å²) in [6, 6.07) is 6.08. The molecule has 0 saturated heterocycles. The van der Waals surface area contributed by atoms with Crippen LogP contribution in [0.15, 0.2) is 18.2 Å². The molecule has 3 heteroatoms. The van der Waals surface area contributed by atoms with E-state index in [0.29, 0.717) is 0 Å². The van der Waals surface area contributed by atoms with Gasteiger partial charge in [-0.05, 0) is 31.0 Å². The lowest BCUT2D eigenvalue weighted by atomic mass is 9.83. The molecule has 0 amide bonds. The van der Waals surface area contributed by atoms with Gasteiger partial charge in [-0.3, -0.25) is 0 Å². The van der Waals surface area contributed by atoms with Crippen LogP contribution in [0.5, 0.6) is 0 Å². The first-order valence-electron chi connectivity index (χ1n) is 7.39. The van der Waals surface area contributed by atoms with Gasteiger partial charge < -0.3 is 5.32 Å². The smallest absolute Gasteiger partial charge is 0.0468 e. The maximum atomic E-state index is 6.35. The van der Waals surface area contributed by atoms with Gasteiger partial charge in [-0.25, -0.2) is 0 Å². The third-order valence-corrected chi connectivity index (χ3v) is 4.75. The molecule has 1 fully saturated rings. The third-order valence-electron chi connectivity index (χ3n) is 4.09. The van der Waals surface area contributed by atoms with Crippen molar-refractivity contribution in [1.82, 2.24) is 5.32 Å². The molecule has 0 aromatic heterocycles. The van der Waals surface area contributed by atoms with Crippen molar-refractivity contribution in [2.45, 2.75) is 51.5 Å². The first-order chi connectivity index (χ1) is 9.22. The van der Waals surface area contributed by atoms with Crippen molar-refractivity contribution in [1.29, 1.82) is 0 Å². The SMILES string of the molecule is CCNC(CC1CCCCC1)c1c(Cl)cccc1Cl. The predicted molar refractivity (Wildman–Crippen MR) is 84.1 cm³/mol. The van der Waals surface area contributed by atoms with E-state index in [-0.39, 0.29) is 6.04 Å². The number of rotatable bonds is 5. The number of nitrogens with one attached hydrogen (secondary N) is 1. The molecule has 106 valence electrons. The Morgan fingerprint density at radius 1 is 1.16 bits per heavy atom. The van der Waals surface area contributed by atoms with Gasteiger partial charge in [-0.2, -0.15) is 0 Å². The van der Waals surface area contributed by atoms with Gasteiger partial charge in [0.15, 0.2) is 0 Å². The zero-order valence-electron chi connectivity index (χ0n) is 11.6. The van der Waals surface area contributed by atoms with E-state index in [9.17, 15) is 0 Å². The Morgan fingerprint density at radius 3 is 2.37 bits per heavy atom. The second kappa shape index (κ2) is 7.52. The molecule has 1 atom stereocenters. The van der Waals surface area contributed by atoms with Crippen LogP contribution in [0.2, 0.25) is 10.0 Å². The molecule has 1 aliphatic rings. The molecule has 1 saturated carbocycles. The average molecular weight is 300 g/mol. The lowest BCUT2D eigenvalue weighted by Gasteiger charge is -2.28. The van der Waals surface area contributed by atoms with Crippen LogP contribution in [-0.2, 0) is 0 Å². The maximum Gasteiger partial charge on any atom is 0.0468 e. The van der Waals surface area contributed by atoms with Crippen LogP contribution >= 0.6 is 23.2 Å². The van der Waals surface area contributed by atoms with E-state index < -0.39 is 0 Å². The number of halogens is 2. The summed E-state index contributed by atoms with van der Waals surface area (Å²) < 4.78 is 0. The quantitative estimate of drug-likeness (QED) is 0.744. The van der Waals surface area contributed by atoms with Gasteiger partial charge in [0.1, 0.15) is 0 Å². The Bertz CT molecular complexity index is 379. The van der Waals surface area contributed by atoms with Gasteiger partial charge in [-0.1, -0.05) is 68.3 Å². The molecule has 0 heterocycles. The van der Waals surface area contributed by atoms with Crippen molar-refractivity contribution in [3.8, 4) is 0 Å². The maximum absolute atomic E-state index is 6.35. The van der Waals surface area contributed by atoms with Crippen LogP contribution in [0.3, 0.4) is 0 Å². The fourth-order valence-corrected chi connectivity index (χ4v) is 3.81. The molecular formula is C16H23Cl2N. The lowest BCUT2D eigenvalue weighted by Crippen LogP contribution is -2.25. The molecule has 0 aliphatic heterocycles. The van der Waals surface area contributed by atoms with Crippen LogP contribution in [0.4, 0.5) is 0 Å². The minimum Gasteiger partial charge on any atom is -0.310 e. The number of benzene rings is 1. The Morgan fingerprint density at radius 2 is 1.79 bits per heavy atom. The molecule has 1 unspecified atom stereocenters. The molecule has 1 aromatic rings. The minimum absolute atomic E-state index is 0.286. The molecule has 0 spiro atoms. The van der Waals surface area contributed by atoms with Crippen LogP contribution in [0.25, 0.3) is 0 Å². The number of hydrogen-bond donors (Lipinski definition) is 1. The Labute approximate surface area is 126 Å². The molecule has 0 bridgehead atoms. The highest BCUT2D eigenvalue weighted by Gasteiger charge is 2.22. The van der Waals surface area contributed by atoms with Crippen molar-refractivity contribution < 1.29 is 0 Å². The van der Waals surface area contributed by atoms with Gasteiger partial charge >= 0.3 is 0 Å². The molecule has 19 heavy (non-hydrogen) atoms. The molecule has 1 aromatic carbocycles. The fourth-order valence-electron chi connectivity index (χ4n) is 3.15. The lowest BCUT2D eigenvalue weighted by molar-refractivity contribution is 0.301. The minimum atomic E-state index is 0.286. The van der Waals surface area contributed by atoms with Crippen LogP contribution in [0, 0.1) is 5.92 Å². The summed E-state index contributed by atoms with van der Waals surface area (Å²) >= 11 is 12.7. The van der Waals surface area contributed by atoms with Gasteiger partial charge in [0.2, 0.25) is 0 Å². The summed E-state index contributed by atoms with van der Waals surface area (Å²) in [5.41, 5.74) is 1.08. The van der Waals surface area contributed by atoms with Crippen molar-refractivity contribution in [2.24, 2.45) is 5.92 Å². The monoisotopic (exact) mass is 299 g/mol. The molecule has 1 N–H and O–H groups in total. The molecule has 2 rings (SSSR count). The summed E-state index contributed by atoms with van der Waals surface area (Å²) in [6.45, 7) is 3.08. The molecular weight excluding hydrogens is 277 g/mol. The van der Waals surface area contributed by atoms with Crippen LogP contribution in [-0.4, -0.2) is 6.54 Å². The van der Waals surface area contributed by atoms with E-state index in [1.54, 1.807) is 0 Å². The van der Waals surface area contributed by atoms with Gasteiger partial charge in [0, 0.05) is 21.7 Å². The summed E-state index contributed by atoms with van der Waals surface area (Å²) in [5.74, 6) is 0.810. The first-order valence-corrected chi connectivity index (χ1v) is 8.15. The van der Waals surface area contributed by atoms with Crippen molar-refractivity contribution in [2.75, 3.05) is 6.54 Å². The van der Waals surface area contributed by atoms with Gasteiger partial charge in [-0.15, -0.1) is 0 Å². The summed E-state index contributed by atoms with van der Waals surface area (Å²) in [6.07, 6.45) is 8.00. The van der Waals surface area contributed by atoms with Gasteiger partial charge in [0.05, 0.1) is 0 Å². The molecule has 1 aliphatic carbocycles. The number of hydrogen-bond acceptors (Lipinski definition) is 1. The topological polar surface area (TPSA) is 12.0 Å². The van der Waals surface area contributed by atoms with E-state index in [1.807, 2.05) is 18.2 Å². The van der Waals surface area contributed by atoms with E-state index in [4.69, 9.17) is 23.2 Å². The zero-order chi connectivity index (χ0) is 13.7. The molecule has 0 radical (unpaired) electrons. The third kappa shape index (κ3) is 4.11. The van der Waals surface area contributed by atoms with Crippen LogP contribution < -0.4 is 5.32 Å².